The molecule has 0 saturated heterocycles. The first kappa shape index (κ1) is 15.5. The molecular formula is C16H15FN6O2. The van der Waals surface area contributed by atoms with Gasteiger partial charge in [0.25, 0.3) is 0 Å². The first-order chi connectivity index (χ1) is 12.1. The zero-order valence-corrected chi connectivity index (χ0v) is 13.6. The maximum Gasteiger partial charge on any atom is 0.328 e. The lowest BCUT2D eigenvalue weighted by Crippen LogP contribution is -2.23. The molecule has 128 valence electrons. The van der Waals surface area contributed by atoms with E-state index in [9.17, 15) is 9.18 Å². The molecule has 4 aromatic rings. The molecule has 0 radical (unpaired) electrons. The molecule has 0 amide bonds. The van der Waals surface area contributed by atoms with E-state index in [2.05, 4.69) is 19.9 Å². The monoisotopic (exact) mass is 342 g/mol. The van der Waals surface area contributed by atoms with Crippen LogP contribution in [0.4, 0.5) is 4.39 Å². The van der Waals surface area contributed by atoms with Crippen molar-refractivity contribution >= 4 is 16.8 Å². The van der Waals surface area contributed by atoms with Crippen molar-refractivity contribution in [3.63, 3.8) is 0 Å². The Morgan fingerprint density at radius 1 is 1.32 bits per heavy atom. The fourth-order valence-electron chi connectivity index (χ4n) is 2.88. The lowest BCUT2D eigenvalue weighted by atomic mass is 10.3. The third-order valence-electron chi connectivity index (χ3n) is 4.00. The number of hydrogen-bond acceptors (Lipinski definition) is 5. The predicted octanol–water partition coefficient (Wildman–Crippen LogP) is 1.78. The van der Waals surface area contributed by atoms with Crippen LogP contribution in [0.3, 0.4) is 0 Å². The average molecular weight is 342 g/mol. The van der Waals surface area contributed by atoms with Gasteiger partial charge in [-0.25, -0.2) is 24.1 Å². The molecule has 0 aliphatic carbocycles. The van der Waals surface area contributed by atoms with Gasteiger partial charge < -0.3 is 9.72 Å². The molecule has 0 saturated carbocycles. The highest BCUT2D eigenvalue weighted by molar-refractivity contribution is 5.72. The molecule has 1 unspecified atom stereocenters. The van der Waals surface area contributed by atoms with Crippen LogP contribution >= 0.6 is 0 Å². The van der Waals surface area contributed by atoms with Gasteiger partial charge >= 0.3 is 5.69 Å². The van der Waals surface area contributed by atoms with Crippen LogP contribution in [0.5, 0.6) is 0 Å². The predicted molar refractivity (Wildman–Crippen MR) is 88.9 cm³/mol. The van der Waals surface area contributed by atoms with Crippen LogP contribution in [0.15, 0.2) is 35.5 Å². The van der Waals surface area contributed by atoms with Crippen LogP contribution in [0.1, 0.15) is 13.0 Å². The average Bonchev–Trinajstić information content (AvgIpc) is 3.13. The zero-order valence-electron chi connectivity index (χ0n) is 13.6. The van der Waals surface area contributed by atoms with Crippen LogP contribution in [-0.2, 0) is 4.74 Å². The molecular weight excluding hydrogens is 327 g/mol. The molecule has 9 heteroatoms. The number of nitrogens with one attached hydrogen (secondary N) is 1. The van der Waals surface area contributed by atoms with Gasteiger partial charge in [-0.2, -0.15) is 0 Å². The number of ether oxygens (including phenoxy) is 1. The number of methoxy groups -OCH3 is 1. The molecule has 1 atom stereocenters. The summed E-state index contributed by atoms with van der Waals surface area (Å²) in [5.74, 6) is -0.0388. The maximum atomic E-state index is 13.6. The second-order valence-corrected chi connectivity index (χ2v) is 5.75. The summed E-state index contributed by atoms with van der Waals surface area (Å²) >= 11 is 0. The molecule has 4 aromatic heterocycles. The second kappa shape index (κ2) is 5.78. The van der Waals surface area contributed by atoms with Crippen LogP contribution in [-0.4, -0.2) is 42.6 Å². The summed E-state index contributed by atoms with van der Waals surface area (Å²) in [6.07, 6.45) is 4.43. The third kappa shape index (κ3) is 2.49. The van der Waals surface area contributed by atoms with Gasteiger partial charge in [0.2, 0.25) is 0 Å². The van der Waals surface area contributed by atoms with E-state index in [1.807, 2.05) is 6.92 Å². The smallest absolute Gasteiger partial charge is 0.328 e. The largest absolute Gasteiger partial charge is 0.383 e. The summed E-state index contributed by atoms with van der Waals surface area (Å²) < 4.78 is 21.8. The summed E-state index contributed by atoms with van der Waals surface area (Å²) in [5, 5.41) is 0. The number of fused-ring (bicyclic) bond motifs is 2. The third-order valence-corrected chi connectivity index (χ3v) is 4.00. The van der Waals surface area contributed by atoms with E-state index < -0.39 is 0 Å². The van der Waals surface area contributed by atoms with Crippen LogP contribution in [0.25, 0.3) is 28.3 Å². The molecule has 0 fully saturated rings. The number of imidazole rings is 2. The van der Waals surface area contributed by atoms with E-state index in [4.69, 9.17) is 4.74 Å². The van der Waals surface area contributed by atoms with Gasteiger partial charge in [-0.15, -0.1) is 0 Å². The Bertz CT molecular complexity index is 1130. The summed E-state index contributed by atoms with van der Waals surface area (Å²) in [7, 11) is 1.57. The van der Waals surface area contributed by atoms with Crippen molar-refractivity contribution < 1.29 is 9.13 Å². The van der Waals surface area contributed by atoms with E-state index in [0.717, 1.165) is 0 Å². The molecule has 1 N–H and O–H groups in total. The highest BCUT2D eigenvalue weighted by atomic mass is 19.1. The van der Waals surface area contributed by atoms with Crippen molar-refractivity contribution in [2.24, 2.45) is 0 Å². The normalized spacial score (nSPS) is 12.9. The second-order valence-electron chi connectivity index (χ2n) is 5.75. The van der Waals surface area contributed by atoms with Crippen molar-refractivity contribution in [3.8, 4) is 11.5 Å². The van der Waals surface area contributed by atoms with Gasteiger partial charge in [-0.3, -0.25) is 8.97 Å². The molecule has 0 aromatic carbocycles. The Morgan fingerprint density at radius 2 is 2.16 bits per heavy atom. The number of H-pyrrole nitrogens is 1. The van der Waals surface area contributed by atoms with Crippen LogP contribution in [0, 0.1) is 5.82 Å². The van der Waals surface area contributed by atoms with Crippen LogP contribution in [0.2, 0.25) is 0 Å². The molecule has 0 bridgehead atoms. The number of aromatic nitrogens is 6. The minimum absolute atomic E-state index is 0.200. The van der Waals surface area contributed by atoms with Crippen molar-refractivity contribution in [2.45, 2.75) is 13.0 Å². The van der Waals surface area contributed by atoms with E-state index >= 15 is 0 Å². The lowest BCUT2D eigenvalue weighted by molar-refractivity contribution is 0.162. The summed E-state index contributed by atoms with van der Waals surface area (Å²) in [6.45, 7) is 2.23. The van der Waals surface area contributed by atoms with Crippen molar-refractivity contribution in [2.75, 3.05) is 13.7 Å². The number of aromatic amines is 1. The van der Waals surface area contributed by atoms with E-state index in [-0.39, 0.29) is 17.5 Å². The number of halogens is 1. The molecule has 4 rings (SSSR count). The van der Waals surface area contributed by atoms with Gasteiger partial charge in [0.05, 0.1) is 25.0 Å². The van der Waals surface area contributed by atoms with E-state index in [1.54, 1.807) is 23.8 Å². The molecule has 0 spiro atoms. The molecule has 4 heterocycles. The van der Waals surface area contributed by atoms with Gasteiger partial charge in [0.15, 0.2) is 11.5 Å². The highest BCUT2D eigenvalue weighted by Gasteiger charge is 2.17. The fourth-order valence-corrected chi connectivity index (χ4v) is 2.88. The first-order valence-corrected chi connectivity index (χ1v) is 7.67. The summed E-state index contributed by atoms with van der Waals surface area (Å²) in [5.41, 5.74) is 1.83. The van der Waals surface area contributed by atoms with Gasteiger partial charge in [-0.05, 0) is 19.1 Å². The summed E-state index contributed by atoms with van der Waals surface area (Å²) in [4.78, 5) is 28.0. The standard InChI is InChI=1S/C16H15FN6O2/c1-9(8-25-2)23-15-11(20-16(23)24)5-19-14(21-15)12-6-18-13-4-3-10(17)7-22(12)13/h3-7,9H,8H2,1-2H3,(H,20,24). The first-order valence-electron chi connectivity index (χ1n) is 7.67. The van der Waals surface area contributed by atoms with Gasteiger partial charge in [0.1, 0.15) is 22.7 Å². The minimum atomic E-state index is -0.389. The number of rotatable bonds is 4. The Balaban J connectivity index is 1.92. The summed E-state index contributed by atoms with van der Waals surface area (Å²) in [6, 6.07) is 2.71. The lowest BCUT2D eigenvalue weighted by Gasteiger charge is -2.11. The Morgan fingerprint density at radius 3 is 2.96 bits per heavy atom. The van der Waals surface area contributed by atoms with Gasteiger partial charge in [0, 0.05) is 13.3 Å². The Labute approximate surface area is 140 Å². The quantitative estimate of drug-likeness (QED) is 0.610. The van der Waals surface area contributed by atoms with Crippen LogP contribution < -0.4 is 5.69 Å². The van der Waals surface area contributed by atoms with Crippen molar-refractivity contribution in [1.82, 2.24) is 28.9 Å². The van der Waals surface area contributed by atoms with E-state index in [0.29, 0.717) is 34.9 Å². The molecule has 25 heavy (non-hydrogen) atoms. The van der Waals surface area contributed by atoms with Gasteiger partial charge in [-0.1, -0.05) is 0 Å². The Kier molecular flexibility index (Phi) is 3.57. The topological polar surface area (TPSA) is 90.1 Å². The molecule has 0 aliphatic rings. The molecule has 0 aliphatic heterocycles. The minimum Gasteiger partial charge on any atom is -0.383 e. The number of hydrogen-bond donors (Lipinski definition) is 1. The highest BCUT2D eigenvalue weighted by Crippen LogP contribution is 2.20. The Hall–Kier alpha value is -3.07. The van der Waals surface area contributed by atoms with Crippen molar-refractivity contribution in [1.29, 1.82) is 0 Å². The van der Waals surface area contributed by atoms with E-state index in [1.165, 1.54) is 23.0 Å². The fraction of sp³-hybridized carbons (Fsp3) is 0.250. The molecule has 8 nitrogen and oxygen atoms in total. The number of nitrogens with zero attached hydrogens (tertiary/aromatic N) is 5. The maximum absolute atomic E-state index is 13.6. The number of pyridine rings is 1. The SMILES string of the molecule is COCC(C)n1c(=O)[nH]c2cnc(-c3cnc4ccc(F)cn34)nc21. The van der Waals surface area contributed by atoms with Crippen molar-refractivity contribution in [3.05, 3.63) is 47.0 Å². The zero-order chi connectivity index (χ0) is 17.6.